The normalized spacial score (nSPS) is 25.0. The van der Waals surface area contributed by atoms with Crippen molar-refractivity contribution in [3.05, 3.63) is 23.8 Å². The summed E-state index contributed by atoms with van der Waals surface area (Å²) in [7, 11) is 1.67. The molecule has 2 aliphatic heterocycles. The average molecular weight is 358 g/mol. The first-order valence-electron chi connectivity index (χ1n) is 9.03. The third kappa shape index (κ3) is 2.64. The number of rotatable bonds is 3. The van der Waals surface area contributed by atoms with E-state index in [-0.39, 0.29) is 18.2 Å². The number of carboxylic acid groups (broad SMARTS) is 1. The standard InChI is InChI=1S/C18H22N4O4/c1-21-14(23)8-13(17(25)26)18(21)4-6-22(7-5-18)16(24)12-9-19-15(20-10-12)11-2-3-11/h9-11,13H,2-8H2,1H3,(H,25,26). The molecule has 2 saturated heterocycles. The Balaban J connectivity index is 1.46. The molecule has 0 radical (unpaired) electrons. The Hall–Kier alpha value is -2.51. The van der Waals surface area contributed by atoms with Crippen molar-refractivity contribution < 1.29 is 19.5 Å². The van der Waals surface area contributed by atoms with Crippen molar-refractivity contribution in [3.63, 3.8) is 0 Å². The van der Waals surface area contributed by atoms with Gasteiger partial charge < -0.3 is 14.9 Å². The molecule has 3 heterocycles. The molecule has 8 nitrogen and oxygen atoms in total. The molecule has 2 amide bonds. The number of carboxylic acids is 1. The smallest absolute Gasteiger partial charge is 0.309 e. The van der Waals surface area contributed by atoms with Crippen molar-refractivity contribution in [2.45, 2.75) is 43.6 Å². The van der Waals surface area contributed by atoms with Crippen molar-refractivity contribution in [2.75, 3.05) is 20.1 Å². The van der Waals surface area contributed by atoms with Gasteiger partial charge in [0.15, 0.2) is 0 Å². The molecular weight excluding hydrogens is 336 g/mol. The molecule has 26 heavy (non-hydrogen) atoms. The predicted molar refractivity (Wildman–Crippen MR) is 90.4 cm³/mol. The van der Waals surface area contributed by atoms with Crippen LogP contribution in [-0.4, -0.2) is 68.3 Å². The largest absolute Gasteiger partial charge is 0.481 e. The van der Waals surface area contributed by atoms with E-state index in [0.29, 0.717) is 37.4 Å². The van der Waals surface area contributed by atoms with E-state index in [1.807, 2.05) is 0 Å². The number of carbonyl (C=O) groups excluding carboxylic acids is 2. The Bertz CT molecular complexity index is 751. The van der Waals surface area contributed by atoms with Gasteiger partial charge >= 0.3 is 5.97 Å². The molecule has 1 spiro atoms. The van der Waals surface area contributed by atoms with Crippen LogP contribution in [0.25, 0.3) is 0 Å². The topological polar surface area (TPSA) is 104 Å². The average Bonchev–Trinajstić information content (AvgIpc) is 3.46. The first-order chi connectivity index (χ1) is 12.4. The molecule has 1 atom stereocenters. The highest BCUT2D eigenvalue weighted by molar-refractivity contribution is 5.94. The maximum atomic E-state index is 12.7. The number of carbonyl (C=O) groups is 3. The highest BCUT2D eigenvalue weighted by Gasteiger charge is 2.55. The summed E-state index contributed by atoms with van der Waals surface area (Å²) >= 11 is 0. The van der Waals surface area contributed by atoms with Crippen molar-refractivity contribution in [1.82, 2.24) is 19.8 Å². The number of hydrogen-bond acceptors (Lipinski definition) is 5. The van der Waals surface area contributed by atoms with Gasteiger partial charge in [-0.25, -0.2) is 9.97 Å². The minimum absolute atomic E-state index is 0.0379. The van der Waals surface area contributed by atoms with E-state index < -0.39 is 17.4 Å². The van der Waals surface area contributed by atoms with Crippen LogP contribution in [0.15, 0.2) is 12.4 Å². The fourth-order valence-corrected chi connectivity index (χ4v) is 4.27. The van der Waals surface area contributed by atoms with E-state index in [1.165, 1.54) is 0 Å². The quantitative estimate of drug-likeness (QED) is 0.861. The Labute approximate surface area is 151 Å². The Morgan fingerprint density at radius 1 is 1.19 bits per heavy atom. The van der Waals surface area contributed by atoms with Crippen molar-refractivity contribution in [3.8, 4) is 0 Å². The second-order valence-corrected chi connectivity index (χ2v) is 7.55. The molecule has 1 saturated carbocycles. The highest BCUT2D eigenvalue weighted by atomic mass is 16.4. The maximum absolute atomic E-state index is 12.7. The number of likely N-dealkylation sites (tertiary alicyclic amines) is 2. The van der Waals surface area contributed by atoms with Crippen LogP contribution in [0.4, 0.5) is 0 Å². The first kappa shape index (κ1) is 16.9. The van der Waals surface area contributed by atoms with Gasteiger partial charge in [0.2, 0.25) is 5.91 Å². The summed E-state index contributed by atoms with van der Waals surface area (Å²) in [5, 5.41) is 9.52. The van der Waals surface area contributed by atoms with Gasteiger partial charge in [-0.15, -0.1) is 0 Å². The first-order valence-corrected chi connectivity index (χ1v) is 9.03. The van der Waals surface area contributed by atoms with E-state index in [4.69, 9.17) is 0 Å². The van der Waals surface area contributed by atoms with Gasteiger partial charge in [-0.1, -0.05) is 0 Å². The van der Waals surface area contributed by atoms with Gasteiger partial charge in [-0.2, -0.15) is 0 Å². The van der Waals surface area contributed by atoms with Crippen LogP contribution >= 0.6 is 0 Å². The second kappa shape index (κ2) is 6.03. The van der Waals surface area contributed by atoms with E-state index in [1.54, 1.807) is 29.2 Å². The van der Waals surface area contributed by atoms with E-state index in [0.717, 1.165) is 18.7 Å². The molecule has 0 bridgehead atoms. The Morgan fingerprint density at radius 2 is 1.81 bits per heavy atom. The Kier molecular flexibility index (Phi) is 3.93. The molecule has 1 aromatic heterocycles. The molecule has 3 fully saturated rings. The predicted octanol–water partition coefficient (Wildman–Crippen LogP) is 0.892. The molecule has 1 aliphatic carbocycles. The van der Waals surface area contributed by atoms with Gasteiger partial charge in [-0.05, 0) is 25.7 Å². The lowest BCUT2D eigenvalue weighted by atomic mass is 9.77. The number of aliphatic carboxylic acids is 1. The summed E-state index contributed by atoms with van der Waals surface area (Å²) in [6.45, 7) is 0.842. The SMILES string of the molecule is CN1C(=O)CC(C(=O)O)C12CCN(C(=O)c1cnc(C3CC3)nc1)CC2. The van der Waals surface area contributed by atoms with Crippen LogP contribution in [0.1, 0.15) is 54.2 Å². The lowest BCUT2D eigenvalue weighted by Crippen LogP contribution is -2.56. The fourth-order valence-electron chi connectivity index (χ4n) is 4.27. The Morgan fingerprint density at radius 3 is 2.35 bits per heavy atom. The summed E-state index contributed by atoms with van der Waals surface area (Å²) in [5.41, 5.74) is -0.234. The second-order valence-electron chi connectivity index (χ2n) is 7.55. The zero-order chi connectivity index (χ0) is 18.5. The number of aromatic nitrogens is 2. The van der Waals surface area contributed by atoms with Crippen molar-refractivity contribution in [1.29, 1.82) is 0 Å². The fraction of sp³-hybridized carbons (Fsp3) is 0.611. The molecule has 1 unspecified atom stereocenters. The number of hydrogen-bond donors (Lipinski definition) is 1. The lowest BCUT2D eigenvalue weighted by molar-refractivity contribution is -0.145. The van der Waals surface area contributed by atoms with Gasteiger partial charge in [0.25, 0.3) is 5.91 Å². The van der Waals surface area contributed by atoms with E-state index >= 15 is 0 Å². The van der Waals surface area contributed by atoms with Crippen LogP contribution in [0.3, 0.4) is 0 Å². The van der Waals surface area contributed by atoms with Crippen LogP contribution in [0.5, 0.6) is 0 Å². The van der Waals surface area contributed by atoms with Crippen LogP contribution in [0, 0.1) is 5.92 Å². The summed E-state index contributed by atoms with van der Waals surface area (Å²) in [6.07, 6.45) is 6.36. The summed E-state index contributed by atoms with van der Waals surface area (Å²) in [6, 6.07) is 0. The summed E-state index contributed by atoms with van der Waals surface area (Å²) in [5.74, 6) is -0.681. The molecule has 0 aromatic carbocycles. The highest BCUT2D eigenvalue weighted by Crippen LogP contribution is 2.43. The molecule has 4 rings (SSSR count). The third-order valence-corrected chi connectivity index (χ3v) is 6.15. The van der Waals surface area contributed by atoms with Gasteiger partial charge in [-0.3, -0.25) is 14.4 Å². The van der Waals surface area contributed by atoms with Crippen molar-refractivity contribution in [2.24, 2.45) is 5.92 Å². The van der Waals surface area contributed by atoms with E-state index in [2.05, 4.69) is 9.97 Å². The third-order valence-electron chi connectivity index (χ3n) is 6.15. The minimum atomic E-state index is -0.938. The molecule has 1 N–H and O–H groups in total. The van der Waals surface area contributed by atoms with Gasteiger partial charge in [0.05, 0.1) is 17.0 Å². The molecular formula is C18H22N4O4. The zero-order valence-electron chi connectivity index (χ0n) is 14.7. The maximum Gasteiger partial charge on any atom is 0.309 e. The van der Waals surface area contributed by atoms with Crippen LogP contribution < -0.4 is 0 Å². The number of piperidine rings is 1. The molecule has 8 heteroatoms. The number of nitrogens with zero attached hydrogens (tertiary/aromatic N) is 4. The van der Waals surface area contributed by atoms with Gasteiger partial charge in [0, 0.05) is 44.9 Å². The molecule has 1 aromatic rings. The van der Waals surface area contributed by atoms with Crippen LogP contribution in [-0.2, 0) is 9.59 Å². The minimum Gasteiger partial charge on any atom is -0.481 e. The van der Waals surface area contributed by atoms with Crippen LogP contribution in [0.2, 0.25) is 0 Å². The van der Waals surface area contributed by atoms with Gasteiger partial charge in [0.1, 0.15) is 5.82 Å². The number of amides is 2. The molecule has 138 valence electrons. The summed E-state index contributed by atoms with van der Waals surface area (Å²) in [4.78, 5) is 48.3. The van der Waals surface area contributed by atoms with E-state index in [9.17, 15) is 19.5 Å². The molecule has 3 aliphatic rings. The lowest BCUT2D eigenvalue weighted by Gasteiger charge is -2.45. The monoisotopic (exact) mass is 358 g/mol. The zero-order valence-corrected chi connectivity index (χ0v) is 14.7. The summed E-state index contributed by atoms with van der Waals surface area (Å²) < 4.78 is 0. The van der Waals surface area contributed by atoms with Crippen molar-refractivity contribution >= 4 is 17.8 Å².